The second kappa shape index (κ2) is 9.21. The second-order valence-corrected chi connectivity index (χ2v) is 7.22. The highest BCUT2D eigenvalue weighted by Crippen LogP contribution is 2.20. The molecule has 1 N–H and O–H groups in total. The van der Waals surface area contributed by atoms with Gasteiger partial charge in [-0.1, -0.05) is 30.3 Å². The summed E-state index contributed by atoms with van der Waals surface area (Å²) in [6, 6.07) is 18.0. The maximum absolute atomic E-state index is 12.4. The summed E-state index contributed by atoms with van der Waals surface area (Å²) < 4.78 is 0. The Labute approximate surface area is 179 Å². The number of carbonyl (C=O) groups is 1. The van der Waals surface area contributed by atoms with Gasteiger partial charge in [-0.15, -0.1) is 0 Å². The minimum absolute atomic E-state index is 0.00281. The number of hydrogen-bond donors (Lipinski definition) is 1. The summed E-state index contributed by atoms with van der Waals surface area (Å²) >= 11 is 0. The number of nitrogens with zero attached hydrogens (tertiary/aromatic N) is 5. The molecule has 3 aromatic rings. The molecule has 9 heteroatoms. The molecule has 2 aromatic carbocycles. The quantitative estimate of drug-likeness (QED) is 0.485. The van der Waals surface area contributed by atoms with Gasteiger partial charge in [0.1, 0.15) is 18.0 Å². The second-order valence-electron chi connectivity index (χ2n) is 7.22. The van der Waals surface area contributed by atoms with E-state index in [0.29, 0.717) is 11.4 Å². The van der Waals surface area contributed by atoms with Gasteiger partial charge in [0.2, 0.25) is 5.91 Å². The Morgan fingerprint density at radius 3 is 2.32 bits per heavy atom. The van der Waals surface area contributed by atoms with Gasteiger partial charge in [0, 0.05) is 50.1 Å². The van der Waals surface area contributed by atoms with Crippen LogP contribution in [0, 0.1) is 10.1 Å². The minimum atomic E-state index is -0.466. The molecule has 31 heavy (non-hydrogen) atoms. The number of nitrogens with one attached hydrogen (secondary N) is 1. The van der Waals surface area contributed by atoms with Crippen molar-refractivity contribution in [2.75, 3.05) is 41.3 Å². The first kappa shape index (κ1) is 20.3. The standard InChI is InChI=1S/C22H22N6O3/c29-22(14-17-6-8-19(9-7-17)28(30)31)25-20-15-21(24-16-23-20)27-12-10-26(11-13-27)18-4-2-1-3-5-18/h1-9,15-16H,10-14H2,(H,23,24,25,29). The fraction of sp³-hybridized carbons (Fsp3) is 0.227. The lowest BCUT2D eigenvalue weighted by atomic mass is 10.1. The third kappa shape index (κ3) is 5.13. The number of anilines is 3. The molecule has 1 amide bonds. The molecule has 0 aliphatic carbocycles. The highest BCUT2D eigenvalue weighted by Gasteiger charge is 2.19. The van der Waals surface area contributed by atoms with Gasteiger partial charge in [-0.25, -0.2) is 9.97 Å². The van der Waals surface area contributed by atoms with Gasteiger partial charge in [-0.2, -0.15) is 0 Å². The van der Waals surface area contributed by atoms with Gasteiger partial charge in [-0.05, 0) is 17.7 Å². The van der Waals surface area contributed by atoms with Crippen LogP contribution in [0.1, 0.15) is 5.56 Å². The topological polar surface area (TPSA) is 104 Å². The molecule has 158 valence electrons. The van der Waals surface area contributed by atoms with E-state index in [-0.39, 0.29) is 18.0 Å². The van der Waals surface area contributed by atoms with Crippen molar-refractivity contribution in [3.8, 4) is 0 Å². The van der Waals surface area contributed by atoms with Crippen molar-refractivity contribution in [3.05, 3.63) is 82.7 Å². The van der Waals surface area contributed by atoms with E-state index in [9.17, 15) is 14.9 Å². The van der Waals surface area contributed by atoms with Crippen molar-refractivity contribution in [2.24, 2.45) is 0 Å². The predicted octanol–water partition coefficient (Wildman–Crippen LogP) is 2.89. The van der Waals surface area contributed by atoms with Gasteiger partial charge < -0.3 is 15.1 Å². The molecule has 0 saturated carbocycles. The molecular weight excluding hydrogens is 396 g/mol. The number of hydrogen-bond acceptors (Lipinski definition) is 7. The number of amides is 1. The number of nitro groups is 1. The van der Waals surface area contributed by atoms with E-state index < -0.39 is 4.92 Å². The summed E-state index contributed by atoms with van der Waals surface area (Å²) in [7, 11) is 0. The first-order chi connectivity index (χ1) is 15.1. The van der Waals surface area contributed by atoms with Gasteiger partial charge >= 0.3 is 0 Å². The summed E-state index contributed by atoms with van der Waals surface area (Å²) in [4.78, 5) is 35.6. The van der Waals surface area contributed by atoms with Crippen LogP contribution in [0.4, 0.5) is 23.0 Å². The smallest absolute Gasteiger partial charge is 0.269 e. The van der Waals surface area contributed by atoms with Crippen molar-refractivity contribution in [1.82, 2.24) is 9.97 Å². The predicted molar refractivity (Wildman–Crippen MR) is 118 cm³/mol. The number of rotatable bonds is 6. The number of para-hydroxylation sites is 1. The minimum Gasteiger partial charge on any atom is -0.368 e. The Bertz CT molecular complexity index is 1050. The molecule has 0 atom stereocenters. The largest absolute Gasteiger partial charge is 0.368 e. The summed E-state index contributed by atoms with van der Waals surface area (Å²) in [5, 5.41) is 13.5. The molecule has 0 spiro atoms. The lowest BCUT2D eigenvalue weighted by molar-refractivity contribution is -0.384. The third-order valence-corrected chi connectivity index (χ3v) is 5.16. The number of nitro benzene ring substituents is 1. The number of piperazine rings is 1. The average Bonchev–Trinajstić information content (AvgIpc) is 2.80. The zero-order chi connectivity index (χ0) is 21.6. The fourth-order valence-corrected chi connectivity index (χ4v) is 3.53. The first-order valence-electron chi connectivity index (χ1n) is 9.99. The van der Waals surface area contributed by atoms with E-state index in [1.165, 1.54) is 24.1 Å². The molecule has 1 aromatic heterocycles. The van der Waals surface area contributed by atoms with Gasteiger partial charge in [-0.3, -0.25) is 14.9 Å². The Morgan fingerprint density at radius 2 is 1.65 bits per heavy atom. The fourth-order valence-electron chi connectivity index (χ4n) is 3.53. The summed E-state index contributed by atoms with van der Waals surface area (Å²) in [5.74, 6) is 0.961. The van der Waals surface area contributed by atoms with Gasteiger partial charge in [0.05, 0.1) is 11.3 Å². The third-order valence-electron chi connectivity index (χ3n) is 5.16. The average molecular weight is 418 g/mol. The van der Waals surface area contributed by atoms with E-state index in [0.717, 1.165) is 32.0 Å². The Kier molecular flexibility index (Phi) is 6.02. The van der Waals surface area contributed by atoms with Crippen molar-refractivity contribution in [2.45, 2.75) is 6.42 Å². The van der Waals surface area contributed by atoms with Crippen LogP contribution in [0.2, 0.25) is 0 Å². The maximum Gasteiger partial charge on any atom is 0.269 e. The SMILES string of the molecule is O=C(Cc1ccc([N+](=O)[O-])cc1)Nc1cc(N2CCN(c3ccccc3)CC2)ncn1. The van der Waals surface area contributed by atoms with Crippen LogP contribution in [0.3, 0.4) is 0 Å². The van der Waals surface area contributed by atoms with E-state index in [1.54, 1.807) is 18.2 Å². The lowest BCUT2D eigenvalue weighted by Gasteiger charge is -2.36. The molecule has 9 nitrogen and oxygen atoms in total. The lowest BCUT2D eigenvalue weighted by Crippen LogP contribution is -2.46. The summed E-state index contributed by atoms with van der Waals surface area (Å²) in [5.41, 5.74) is 1.90. The van der Waals surface area contributed by atoms with Crippen LogP contribution in [-0.4, -0.2) is 47.0 Å². The normalized spacial score (nSPS) is 13.7. The molecule has 1 aliphatic rings. The molecular formula is C22H22N6O3. The van der Waals surface area contributed by atoms with Crippen molar-refractivity contribution >= 4 is 28.9 Å². The molecule has 4 rings (SSSR count). The number of non-ortho nitro benzene ring substituents is 1. The van der Waals surface area contributed by atoms with Crippen molar-refractivity contribution in [3.63, 3.8) is 0 Å². The van der Waals surface area contributed by atoms with Gasteiger partial charge in [0.15, 0.2) is 0 Å². The summed E-state index contributed by atoms with van der Waals surface area (Å²) in [6.07, 6.45) is 1.55. The van der Waals surface area contributed by atoms with Crippen LogP contribution >= 0.6 is 0 Å². The van der Waals surface area contributed by atoms with Crippen LogP contribution in [0.15, 0.2) is 67.0 Å². The molecule has 1 fully saturated rings. The summed E-state index contributed by atoms with van der Waals surface area (Å²) in [6.45, 7) is 3.41. The molecule has 0 radical (unpaired) electrons. The molecule has 0 unspecified atom stereocenters. The maximum atomic E-state index is 12.4. The highest BCUT2D eigenvalue weighted by molar-refractivity contribution is 5.91. The zero-order valence-corrected chi connectivity index (χ0v) is 16.8. The van der Waals surface area contributed by atoms with Crippen LogP contribution in [-0.2, 0) is 11.2 Å². The Balaban J connectivity index is 1.34. The Hall–Kier alpha value is -4.01. The first-order valence-corrected chi connectivity index (χ1v) is 9.99. The zero-order valence-electron chi connectivity index (χ0n) is 16.8. The Morgan fingerprint density at radius 1 is 0.968 bits per heavy atom. The van der Waals surface area contributed by atoms with E-state index in [2.05, 4.69) is 37.2 Å². The molecule has 1 aliphatic heterocycles. The number of benzene rings is 2. The van der Waals surface area contributed by atoms with E-state index >= 15 is 0 Å². The van der Waals surface area contributed by atoms with Crippen LogP contribution in [0.5, 0.6) is 0 Å². The van der Waals surface area contributed by atoms with E-state index in [4.69, 9.17) is 0 Å². The van der Waals surface area contributed by atoms with Crippen LogP contribution < -0.4 is 15.1 Å². The van der Waals surface area contributed by atoms with E-state index in [1.807, 2.05) is 18.2 Å². The molecule has 1 saturated heterocycles. The van der Waals surface area contributed by atoms with Gasteiger partial charge in [0.25, 0.3) is 5.69 Å². The van der Waals surface area contributed by atoms with Crippen molar-refractivity contribution < 1.29 is 9.72 Å². The van der Waals surface area contributed by atoms with Crippen molar-refractivity contribution in [1.29, 1.82) is 0 Å². The van der Waals surface area contributed by atoms with Crippen LogP contribution in [0.25, 0.3) is 0 Å². The number of carbonyl (C=O) groups excluding carboxylic acids is 1. The number of aromatic nitrogens is 2. The molecule has 2 heterocycles. The molecule has 0 bridgehead atoms. The highest BCUT2D eigenvalue weighted by atomic mass is 16.6. The monoisotopic (exact) mass is 418 g/mol.